The molecule has 0 spiro atoms. The van der Waals surface area contributed by atoms with E-state index in [2.05, 4.69) is 10.5 Å². The topological polar surface area (TPSA) is 111 Å². The van der Waals surface area contributed by atoms with Gasteiger partial charge in [0.15, 0.2) is 0 Å². The summed E-state index contributed by atoms with van der Waals surface area (Å²) >= 11 is 0. The number of primary amides is 2. The highest BCUT2D eigenvalue weighted by molar-refractivity contribution is 6.18. The molecule has 5 N–H and O–H groups in total. The minimum Gasteiger partial charge on any atom is -0.366 e. The molecule has 13 heavy (non-hydrogen) atoms. The van der Waals surface area contributed by atoms with Crippen molar-refractivity contribution in [1.82, 2.24) is 5.43 Å². The van der Waals surface area contributed by atoms with Crippen molar-refractivity contribution in [3.8, 4) is 0 Å². The van der Waals surface area contributed by atoms with E-state index in [0.29, 0.717) is 0 Å². The summed E-state index contributed by atoms with van der Waals surface area (Å²) in [6.07, 6.45) is 3.88. The second kappa shape index (κ2) is 3.53. The maximum atomic E-state index is 10.8. The lowest BCUT2D eigenvalue weighted by Gasteiger charge is -1.98. The van der Waals surface area contributed by atoms with Gasteiger partial charge in [0.05, 0.1) is 17.4 Å². The Morgan fingerprint density at radius 3 is 2.38 bits per heavy atom. The van der Waals surface area contributed by atoms with Gasteiger partial charge in [0.2, 0.25) is 5.91 Å². The first-order chi connectivity index (χ1) is 6.13. The van der Waals surface area contributed by atoms with Crippen LogP contribution in [0.4, 0.5) is 0 Å². The molecule has 0 aromatic carbocycles. The highest BCUT2D eigenvalue weighted by Gasteiger charge is 2.14. The molecule has 0 unspecified atom stereocenters. The van der Waals surface area contributed by atoms with E-state index >= 15 is 0 Å². The Morgan fingerprint density at radius 1 is 1.23 bits per heavy atom. The number of nitrogens with two attached hydrogens (primary N) is 2. The van der Waals surface area contributed by atoms with E-state index in [4.69, 9.17) is 11.5 Å². The van der Waals surface area contributed by atoms with Crippen molar-refractivity contribution >= 4 is 18.0 Å². The molecule has 1 aliphatic heterocycles. The van der Waals surface area contributed by atoms with Crippen LogP contribution in [0, 0.1) is 0 Å². The summed E-state index contributed by atoms with van der Waals surface area (Å²) in [6, 6.07) is 0. The van der Waals surface area contributed by atoms with Gasteiger partial charge < -0.3 is 11.5 Å². The highest BCUT2D eigenvalue weighted by Crippen LogP contribution is 2.05. The van der Waals surface area contributed by atoms with Crippen LogP contribution in [-0.2, 0) is 9.59 Å². The summed E-state index contributed by atoms with van der Waals surface area (Å²) in [6.45, 7) is 0. The van der Waals surface area contributed by atoms with Gasteiger partial charge in [-0.3, -0.25) is 15.0 Å². The van der Waals surface area contributed by atoms with Gasteiger partial charge in [-0.05, 0) is 6.08 Å². The van der Waals surface area contributed by atoms with E-state index in [-0.39, 0.29) is 11.1 Å². The van der Waals surface area contributed by atoms with Gasteiger partial charge in [0, 0.05) is 6.20 Å². The number of hydrazone groups is 1. The van der Waals surface area contributed by atoms with Crippen LogP contribution in [0.25, 0.3) is 0 Å². The molecule has 6 heteroatoms. The number of amides is 2. The maximum absolute atomic E-state index is 10.8. The molecular weight excluding hydrogens is 172 g/mol. The lowest BCUT2D eigenvalue weighted by atomic mass is 10.1. The van der Waals surface area contributed by atoms with Crippen LogP contribution in [0.2, 0.25) is 0 Å². The summed E-state index contributed by atoms with van der Waals surface area (Å²) in [7, 11) is 0. The predicted molar refractivity (Wildman–Crippen MR) is 46.2 cm³/mol. The molecule has 0 saturated carbocycles. The second-order valence-electron chi connectivity index (χ2n) is 2.28. The molecule has 2 amide bonds. The largest absolute Gasteiger partial charge is 0.366 e. The molecule has 0 atom stereocenters. The smallest absolute Gasteiger partial charge is 0.251 e. The minimum absolute atomic E-state index is 0.00579. The monoisotopic (exact) mass is 180 g/mol. The van der Waals surface area contributed by atoms with Crippen LogP contribution in [0.1, 0.15) is 0 Å². The number of hydrogen-bond donors (Lipinski definition) is 3. The van der Waals surface area contributed by atoms with Crippen molar-refractivity contribution in [2.45, 2.75) is 0 Å². The van der Waals surface area contributed by atoms with Crippen molar-refractivity contribution in [2.75, 3.05) is 0 Å². The lowest BCUT2D eigenvalue weighted by molar-refractivity contribution is -0.116. The van der Waals surface area contributed by atoms with Gasteiger partial charge in [-0.2, -0.15) is 5.10 Å². The van der Waals surface area contributed by atoms with Crippen molar-refractivity contribution in [3.05, 3.63) is 23.4 Å². The van der Waals surface area contributed by atoms with Crippen LogP contribution < -0.4 is 16.9 Å². The molecule has 0 aromatic heterocycles. The molecule has 0 aromatic rings. The normalized spacial score (nSPS) is 15.1. The van der Waals surface area contributed by atoms with Crippen molar-refractivity contribution < 1.29 is 9.59 Å². The van der Waals surface area contributed by atoms with Crippen LogP contribution in [-0.4, -0.2) is 18.0 Å². The lowest BCUT2D eigenvalue weighted by Crippen LogP contribution is -2.22. The van der Waals surface area contributed by atoms with Gasteiger partial charge >= 0.3 is 0 Å². The van der Waals surface area contributed by atoms with Crippen LogP contribution >= 0.6 is 0 Å². The summed E-state index contributed by atoms with van der Waals surface area (Å²) in [5.41, 5.74) is 12.5. The Labute approximate surface area is 74.0 Å². The summed E-state index contributed by atoms with van der Waals surface area (Å²) in [4.78, 5) is 21.7. The second-order valence-corrected chi connectivity index (χ2v) is 2.28. The fraction of sp³-hybridized carbons (Fsp3) is 0. The minimum atomic E-state index is -0.745. The molecule has 1 aliphatic rings. The zero-order valence-electron chi connectivity index (χ0n) is 6.65. The predicted octanol–water partition coefficient (Wildman–Crippen LogP) is -1.64. The summed E-state index contributed by atoms with van der Waals surface area (Å²) in [5.74, 6) is -1.47. The van der Waals surface area contributed by atoms with E-state index in [1.807, 2.05) is 0 Å². The van der Waals surface area contributed by atoms with Gasteiger partial charge in [0.25, 0.3) is 5.91 Å². The molecule has 6 nitrogen and oxygen atoms in total. The van der Waals surface area contributed by atoms with Crippen LogP contribution in [0.5, 0.6) is 0 Å². The quantitative estimate of drug-likeness (QED) is 0.473. The average molecular weight is 180 g/mol. The zero-order chi connectivity index (χ0) is 9.84. The molecular formula is C7H8N4O2. The molecule has 0 bridgehead atoms. The number of hydrogen-bond acceptors (Lipinski definition) is 4. The Hall–Kier alpha value is -2.11. The van der Waals surface area contributed by atoms with Gasteiger partial charge in [-0.25, -0.2) is 0 Å². The first kappa shape index (κ1) is 8.98. The molecule has 1 rings (SSSR count). The highest BCUT2D eigenvalue weighted by atomic mass is 16.2. The van der Waals surface area contributed by atoms with Gasteiger partial charge in [0.1, 0.15) is 0 Å². The number of nitrogens with one attached hydrogen (secondary N) is 1. The standard InChI is InChI=1S/C7H8N4O2/c8-6(12)4-1-2-10-11-3-5(4)7(9)13/h1-3,10H,(H2,8,12)(H2,9,13). The number of rotatable bonds is 2. The molecule has 0 aliphatic carbocycles. The average Bonchev–Trinajstić information content (AvgIpc) is 2.27. The van der Waals surface area contributed by atoms with E-state index in [1.54, 1.807) is 0 Å². The Bertz CT molecular complexity index is 308. The summed E-state index contributed by atoms with van der Waals surface area (Å²) < 4.78 is 0. The van der Waals surface area contributed by atoms with Gasteiger partial charge in [-0.1, -0.05) is 0 Å². The third-order valence-electron chi connectivity index (χ3n) is 1.41. The molecule has 0 saturated heterocycles. The third-order valence-corrected chi connectivity index (χ3v) is 1.41. The van der Waals surface area contributed by atoms with E-state index < -0.39 is 11.8 Å². The van der Waals surface area contributed by atoms with Crippen molar-refractivity contribution in [1.29, 1.82) is 0 Å². The Kier molecular flexibility index (Phi) is 2.44. The number of nitrogens with zero attached hydrogens (tertiary/aromatic N) is 1. The fourth-order valence-corrected chi connectivity index (χ4v) is 0.836. The Balaban J connectivity index is 3.23. The van der Waals surface area contributed by atoms with E-state index in [0.717, 1.165) is 6.21 Å². The van der Waals surface area contributed by atoms with Crippen molar-refractivity contribution in [3.63, 3.8) is 0 Å². The molecule has 1 heterocycles. The van der Waals surface area contributed by atoms with Gasteiger partial charge in [-0.15, -0.1) is 0 Å². The van der Waals surface area contributed by atoms with Crippen LogP contribution in [0.3, 0.4) is 0 Å². The first-order valence-electron chi connectivity index (χ1n) is 3.42. The van der Waals surface area contributed by atoms with Crippen molar-refractivity contribution in [2.24, 2.45) is 16.6 Å². The summed E-state index contributed by atoms with van der Waals surface area (Å²) in [5, 5.41) is 3.58. The van der Waals surface area contributed by atoms with E-state index in [1.165, 1.54) is 12.3 Å². The number of carbonyl (C=O) groups is 2. The molecule has 0 fully saturated rings. The molecule has 0 radical (unpaired) electrons. The first-order valence-corrected chi connectivity index (χ1v) is 3.42. The van der Waals surface area contributed by atoms with Crippen LogP contribution in [0.15, 0.2) is 28.5 Å². The maximum Gasteiger partial charge on any atom is 0.251 e. The SMILES string of the molecule is NC(=O)C1=C(C(N)=O)C=NNC=C1. The third kappa shape index (κ3) is 1.92. The zero-order valence-corrected chi connectivity index (χ0v) is 6.65. The number of carbonyl (C=O) groups excluding carboxylic acids is 2. The molecule has 68 valence electrons. The fourth-order valence-electron chi connectivity index (χ4n) is 0.836. The Morgan fingerprint density at radius 2 is 1.85 bits per heavy atom. The van der Waals surface area contributed by atoms with E-state index in [9.17, 15) is 9.59 Å².